The van der Waals surface area contributed by atoms with Crippen LogP contribution in [0.15, 0.2) is 23.0 Å². The van der Waals surface area contributed by atoms with Gasteiger partial charge in [0.15, 0.2) is 0 Å². The molecule has 0 aliphatic carbocycles. The molecule has 1 aromatic heterocycles. The maximum Gasteiger partial charge on any atom is 0.250 e. The minimum atomic E-state index is 0.0785. The monoisotopic (exact) mass is 194 g/mol. The topological polar surface area (TPSA) is 34.0 Å². The van der Waals surface area contributed by atoms with Crippen LogP contribution in [0.5, 0.6) is 0 Å². The highest BCUT2D eigenvalue weighted by molar-refractivity contribution is 5.04. The zero-order valence-corrected chi connectivity index (χ0v) is 9.08. The van der Waals surface area contributed by atoms with E-state index in [1.807, 2.05) is 13.0 Å². The molecule has 1 rings (SSSR count). The van der Waals surface area contributed by atoms with E-state index in [0.717, 1.165) is 18.8 Å². The summed E-state index contributed by atoms with van der Waals surface area (Å²) < 4.78 is 1.80. The molecule has 1 aromatic rings. The smallest absolute Gasteiger partial charge is 0.250 e. The predicted octanol–water partition coefficient (Wildman–Crippen LogP) is 1.15. The molecule has 1 atom stereocenters. The summed E-state index contributed by atoms with van der Waals surface area (Å²) in [6, 6.07) is 5.69. The molecule has 0 bridgehead atoms. The van der Waals surface area contributed by atoms with E-state index in [0.29, 0.717) is 6.04 Å². The number of nitrogens with one attached hydrogen (secondary N) is 1. The van der Waals surface area contributed by atoms with Crippen LogP contribution in [0.25, 0.3) is 0 Å². The summed E-state index contributed by atoms with van der Waals surface area (Å²) in [4.78, 5) is 11.5. The standard InChI is InChI=1S/C11H18N2O/c1-4-12-9(2)8-13-10(3)6-5-7-11(13)14/h5-7,9,12H,4,8H2,1-3H3. The number of nitrogens with zero attached hydrogens (tertiary/aromatic N) is 1. The van der Waals surface area contributed by atoms with E-state index >= 15 is 0 Å². The van der Waals surface area contributed by atoms with E-state index in [2.05, 4.69) is 19.2 Å². The Hall–Kier alpha value is -1.09. The largest absolute Gasteiger partial charge is 0.313 e. The number of hydrogen-bond donors (Lipinski definition) is 1. The summed E-state index contributed by atoms with van der Waals surface area (Å²) in [5.41, 5.74) is 1.09. The van der Waals surface area contributed by atoms with E-state index in [4.69, 9.17) is 0 Å². The molecule has 1 N–H and O–H groups in total. The average molecular weight is 194 g/mol. The molecule has 0 spiro atoms. The first-order valence-corrected chi connectivity index (χ1v) is 5.05. The van der Waals surface area contributed by atoms with Gasteiger partial charge in [0.25, 0.3) is 5.56 Å². The minimum absolute atomic E-state index is 0.0785. The van der Waals surface area contributed by atoms with Gasteiger partial charge in [-0.25, -0.2) is 0 Å². The number of aryl methyl sites for hydroxylation is 1. The van der Waals surface area contributed by atoms with Crippen LogP contribution in [-0.4, -0.2) is 17.2 Å². The molecule has 78 valence electrons. The maximum atomic E-state index is 11.5. The highest BCUT2D eigenvalue weighted by Gasteiger charge is 2.04. The third kappa shape index (κ3) is 2.70. The number of hydrogen-bond acceptors (Lipinski definition) is 2. The Bertz CT molecular complexity index is 343. The lowest BCUT2D eigenvalue weighted by molar-refractivity contribution is 0.475. The molecular formula is C11H18N2O. The zero-order chi connectivity index (χ0) is 10.6. The molecular weight excluding hydrogens is 176 g/mol. The molecule has 0 radical (unpaired) electrons. The fourth-order valence-electron chi connectivity index (χ4n) is 1.54. The summed E-state index contributed by atoms with van der Waals surface area (Å²) in [7, 11) is 0. The normalized spacial score (nSPS) is 12.8. The summed E-state index contributed by atoms with van der Waals surface area (Å²) in [5, 5.41) is 3.29. The van der Waals surface area contributed by atoms with Crippen molar-refractivity contribution in [1.29, 1.82) is 0 Å². The zero-order valence-electron chi connectivity index (χ0n) is 9.08. The molecule has 0 saturated heterocycles. The van der Waals surface area contributed by atoms with Gasteiger partial charge in [-0.2, -0.15) is 0 Å². The summed E-state index contributed by atoms with van der Waals surface area (Å²) in [6.45, 7) is 7.78. The summed E-state index contributed by atoms with van der Waals surface area (Å²) in [5.74, 6) is 0. The average Bonchev–Trinajstić information content (AvgIpc) is 2.12. The van der Waals surface area contributed by atoms with Crippen LogP contribution in [0.2, 0.25) is 0 Å². The van der Waals surface area contributed by atoms with Crippen molar-refractivity contribution < 1.29 is 0 Å². The highest BCUT2D eigenvalue weighted by atomic mass is 16.1. The van der Waals surface area contributed by atoms with Gasteiger partial charge in [-0.1, -0.05) is 13.0 Å². The number of likely N-dealkylation sites (N-methyl/N-ethyl adjacent to an activating group) is 1. The van der Waals surface area contributed by atoms with Crippen molar-refractivity contribution in [3.8, 4) is 0 Å². The third-order valence-electron chi connectivity index (χ3n) is 2.28. The number of aromatic nitrogens is 1. The van der Waals surface area contributed by atoms with Crippen molar-refractivity contribution in [3.05, 3.63) is 34.2 Å². The van der Waals surface area contributed by atoms with Gasteiger partial charge < -0.3 is 9.88 Å². The van der Waals surface area contributed by atoms with Crippen LogP contribution in [0.4, 0.5) is 0 Å². The lowest BCUT2D eigenvalue weighted by Gasteiger charge is -2.15. The fourth-order valence-corrected chi connectivity index (χ4v) is 1.54. The first-order chi connectivity index (χ1) is 6.65. The molecule has 1 unspecified atom stereocenters. The molecule has 0 aliphatic heterocycles. The molecule has 0 fully saturated rings. The Balaban J connectivity index is 2.80. The summed E-state index contributed by atoms with van der Waals surface area (Å²) in [6.07, 6.45) is 0. The first-order valence-electron chi connectivity index (χ1n) is 5.05. The van der Waals surface area contributed by atoms with Crippen molar-refractivity contribution in [2.24, 2.45) is 0 Å². The molecule has 0 aromatic carbocycles. The van der Waals surface area contributed by atoms with Crippen molar-refractivity contribution in [1.82, 2.24) is 9.88 Å². The second-order valence-electron chi connectivity index (χ2n) is 3.57. The third-order valence-corrected chi connectivity index (χ3v) is 2.28. The molecule has 3 heteroatoms. The van der Waals surface area contributed by atoms with Crippen LogP contribution in [0.3, 0.4) is 0 Å². The van der Waals surface area contributed by atoms with Crippen molar-refractivity contribution in [2.75, 3.05) is 6.54 Å². The lowest BCUT2D eigenvalue weighted by Crippen LogP contribution is -2.34. The van der Waals surface area contributed by atoms with Crippen molar-refractivity contribution in [2.45, 2.75) is 33.4 Å². The van der Waals surface area contributed by atoms with Crippen molar-refractivity contribution >= 4 is 0 Å². The molecule has 0 aliphatic rings. The molecule has 0 saturated carbocycles. The van der Waals surface area contributed by atoms with Crippen LogP contribution < -0.4 is 10.9 Å². The van der Waals surface area contributed by atoms with Crippen LogP contribution >= 0.6 is 0 Å². The quantitative estimate of drug-likeness (QED) is 0.780. The van der Waals surface area contributed by atoms with Gasteiger partial charge in [-0.15, -0.1) is 0 Å². The Morgan fingerprint density at radius 2 is 2.21 bits per heavy atom. The van der Waals surface area contributed by atoms with Gasteiger partial charge in [0.2, 0.25) is 0 Å². The van der Waals surface area contributed by atoms with E-state index in [-0.39, 0.29) is 5.56 Å². The second-order valence-corrected chi connectivity index (χ2v) is 3.57. The van der Waals surface area contributed by atoms with Crippen LogP contribution in [-0.2, 0) is 6.54 Å². The predicted molar refractivity (Wildman–Crippen MR) is 58.6 cm³/mol. The minimum Gasteiger partial charge on any atom is -0.313 e. The molecule has 3 nitrogen and oxygen atoms in total. The Morgan fingerprint density at radius 3 is 2.79 bits per heavy atom. The van der Waals surface area contributed by atoms with Gasteiger partial charge in [0.05, 0.1) is 0 Å². The van der Waals surface area contributed by atoms with Crippen LogP contribution in [0.1, 0.15) is 19.5 Å². The van der Waals surface area contributed by atoms with E-state index in [1.54, 1.807) is 16.7 Å². The Labute approximate surface area is 84.8 Å². The van der Waals surface area contributed by atoms with Crippen LogP contribution in [0, 0.1) is 6.92 Å². The first kappa shape index (κ1) is 11.0. The van der Waals surface area contributed by atoms with Gasteiger partial charge >= 0.3 is 0 Å². The van der Waals surface area contributed by atoms with E-state index in [1.165, 1.54) is 0 Å². The highest BCUT2D eigenvalue weighted by Crippen LogP contribution is 1.95. The number of rotatable bonds is 4. The maximum absolute atomic E-state index is 11.5. The molecule has 0 amide bonds. The SMILES string of the molecule is CCNC(C)Cn1c(C)cccc1=O. The van der Waals surface area contributed by atoms with Gasteiger partial charge in [0.1, 0.15) is 0 Å². The number of pyridine rings is 1. The molecule has 14 heavy (non-hydrogen) atoms. The van der Waals surface area contributed by atoms with E-state index < -0.39 is 0 Å². The van der Waals surface area contributed by atoms with Gasteiger partial charge in [-0.3, -0.25) is 4.79 Å². The second kappa shape index (κ2) is 4.96. The fraction of sp³-hybridized carbons (Fsp3) is 0.545. The van der Waals surface area contributed by atoms with Gasteiger partial charge in [-0.05, 0) is 26.5 Å². The molecule has 1 heterocycles. The van der Waals surface area contributed by atoms with Crippen molar-refractivity contribution in [3.63, 3.8) is 0 Å². The Kier molecular flexibility index (Phi) is 3.89. The Morgan fingerprint density at radius 1 is 1.50 bits per heavy atom. The van der Waals surface area contributed by atoms with Gasteiger partial charge in [0, 0.05) is 24.3 Å². The lowest BCUT2D eigenvalue weighted by atomic mass is 10.3. The summed E-state index contributed by atoms with van der Waals surface area (Å²) >= 11 is 0. The van der Waals surface area contributed by atoms with E-state index in [9.17, 15) is 4.79 Å².